The number of pyridine rings is 1. The van der Waals surface area contributed by atoms with E-state index in [4.69, 9.17) is 9.16 Å². The first-order chi connectivity index (χ1) is 18.9. The van der Waals surface area contributed by atoms with Crippen molar-refractivity contribution in [2.24, 2.45) is 0 Å². The lowest BCUT2D eigenvalue weighted by Crippen LogP contribution is -2.48. The van der Waals surface area contributed by atoms with Crippen molar-refractivity contribution in [2.75, 3.05) is 6.54 Å². The number of fused-ring (bicyclic) bond motifs is 1. The molecule has 2 N–H and O–H groups in total. The van der Waals surface area contributed by atoms with E-state index in [1.807, 2.05) is 45.9 Å². The maximum Gasteiger partial charge on any atom is 0.410 e. The molecular formula is C32H44N2O6Si. The fourth-order valence-corrected chi connectivity index (χ4v) is 5.72. The van der Waals surface area contributed by atoms with Crippen molar-refractivity contribution in [1.82, 2.24) is 9.88 Å². The Balaban J connectivity index is 2.13. The lowest BCUT2D eigenvalue weighted by atomic mass is 10.0. The van der Waals surface area contributed by atoms with Gasteiger partial charge in [0.25, 0.3) is 0 Å². The van der Waals surface area contributed by atoms with Crippen LogP contribution in [0.3, 0.4) is 0 Å². The van der Waals surface area contributed by atoms with Crippen LogP contribution in [0.15, 0.2) is 53.3 Å². The zero-order valence-electron chi connectivity index (χ0n) is 25.7. The topological polar surface area (TPSA) is 109 Å². The van der Waals surface area contributed by atoms with Crippen LogP contribution in [0.25, 0.3) is 10.9 Å². The summed E-state index contributed by atoms with van der Waals surface area (Å²) in [5.41, 5.74) is 1.53. The van der Waals surface area contributed by atoms with Crippen molar-refractivity contribution in [3.05, 3.63) is 75.6 Å². The summed E-state index contributed by atoms with van der Waals surface area (Å²) < 4.78 is 12.8. The molecule has 2 atom stereocenters. The number of hydrogen-bond acceptors (Lipinski definition) is 6. The van der Waals surface area contributed by atoms with Gasteiger partial charge in [0.15, 0.2) is 8.32 Å². The number of carbonyl (C=O) groups excluding carboxylic acids is 2. The van der Waals surface area contributed by atoms with E-state index >= 15 is 0 Å². The predicted molar refractivity (Wildman–Crippen MR) is 165 cm³/mol. The molecule has 9 heteroatoms. The molecule has 0 saturated heterocycles. The molecule has 3 rings (SSSR count). The number of ether oxygens (including phenoxy) is 1. The van der Waals surface area contributed by atoms with Crippen molar-refractivity contribution in [3.63, 3.8) is 0 Å². The number of benzene rings is 2. The van der Waals surface area contributed by atoms with Crippen LogP contribution in [0.1, 0.15) is 76.1 Å². The highest BCUT2D eigenvalue weighted by molar-refractivity contribution is 6.74. The van der Waals surface area contributed by atoms with Gasteiger partial charge >= 0.3 is 6.09 Å². The van der Waals surface area contributed by atoms with Gasteiger partial charge in [-0.3, -0.25) is 9.59 Å². The van der Waals surface area contributed by atoms with Crippen LogP contribution in [0.2, 0.25) is 18.1 Å². The van der Waals surface area contributed by atoms with Gasteiger partial charge in [0, 0.05) is 23.1 Å². The molecule has 0 spiro atoms. The number of aromatic nitrogens is 1. The van der Waals surface area contributed by atoms with E-state index in [9.17, 15) is 19.5 Å². The molecule has 0 saturated carbocycles. The highest BCUT2D eigenvalue weighted by Crippen LogP contribution is 2.41. The second-order valence-electron chi connectivity index (χ2n) is 13.2. The summed E-state index contributed by atoms with van der Waals surface area (Å²) in [4.78, 5) is 41.6. The Morgan fingerprint density at radius 3 is 2.37 bits per heavy atom. The molecule has 8 nitrogen and oxygen atoms in total. The summed E-state index contributed by atoms with van der Waals surface area (Å²) in [5.74, 6) is -0.0417. The van der Waals surface area contributed by atoms with Crippen molar-refractivity contribution in [1.29, 1.82) is 0 Å². The van der Waals surface area contributed by atoms with E-state index in [1.54, 1.807) is 29.2 Å². The zero-order chi connectivity index (χ0) is 30.8. The SMILES string of the molecule is CC(Cc1cccc(C=O)c1)N(CC(O[Si](C)(C)C(C)(C)C)c1ccc(O)c2[nH]c(=O)ccc12)C(=O)OC(C)(C)C. The predicted octanol–water partition coefficient (Wildman–Crippen LogP) is 6.98. The summed E-state index contributed by atoms with van der Waals surface area (Å²) in [6.45, 7) is 18.4. The van der Waals surface area contributed by atoms with Gasteiger partial charge in [-0.05, 0) is 81.6 Å². The molecule has 0 aliphatic carbocycles. The second-order valence-corrected chi connectivity index (χ2v) is 18.0. The standard InChI is InChI=1S/C32H44N2O6Si/c1-21(17-22-11-10-12-23(18-22)20-35)34(30(38)39-31(2,3)4)19-27(40-41(8,9)32(5,6)7)24-13-15-26(36)29-25(24)14-16-28(37)33-29/h10-16,18,20-21,27,36H,17,19H2,1-9H3,(H,33,37). The number of H-pyrrole nitrogens is 1. The van der Waals surface area contributed by atoms with Crippen LogP contribution in [0.5, 0.6) is 5.75 Å². The van der Waals surface area contributed by atoms with Crippen LogP contribution < -0.4 is 5.56 Å². The average molecular weight is 581 g/mol. The number of phenolic OH excluding ortho intramolecular Hbond substituents is 1. The average Bonchev–Trinajstić information content (AvgIpc) is 2.85. The Kier molecular flexibility index (Phi) is 9.55. The number of rotatable bonds is 9. The summed E-state index contributed by atoms with van der Waals surface area (Å²) in [6, 6.07) is 13.5. The van der Waals surface area contributed by atoms with E-state index in [0.29, 0.717) is 22.9 Å². The fourth-order valence-electron chi connectivity index (χ4n) is 4.45. The number of amides is 1. The Labute approximate surface area is 243 Å². The summed E-state index contributed by atoms with van der Waals surface area (Å²) in [6.07, 6.45) is 0.249. The van der Waals surface area contributed by atoms with Crippen molar-refractivity contribution in [3.8, 4) is 5.75 Å². The zero-order valence-corrected chi connectivity index (χ0v) is 26.7. The number of phenols is 1. The Morgan fingerprint density at radius 2 is 1.76 bits per heavy atom. The van der Waals surface area contributed by atoms with E-state index in [0.717, 1.165) is 17.4 Å². The monoisotopic (exact) mass is 580 g/mol. The van der Waals surface area contributed by atoms with Gasteiger partial charge in [-0.15, -0.1) is 0 Å². The van der Waals surface area contributed by atoms with E-state index < -0.39 is 26.1 Å². The molecule has 222 valence electrons. The lowest BCUT2D eigenvalue weighted by molar-refractivity contribution is 0.00690. The molecular weight excluding hydrogens is 536 g/mol. The Bertz CT molecular complexity index is 1450. The van der Waals surface area contributed by atoms with Crippen LogP contribution in [-0.2, 0) is 15.6 Å². The summed E-state index contributed by atoms with van der Waals surface area (Å²) in [5, 5.41) is 11.1. The van der Waals surface area contributed by atoms with Crippen LogP contribution in [0.4, 0.5) is 4.79 Å². The molecule has 2 unspecified atom stereocenters. The molecule has 41 heavy (non-hydrogen) atoms. The third-order valence-electron chi connectivity index (χ3n) is 7.64. The molecule has 1 heterocycles. The van der Waals surface area contributed by atoms with Gasteiger partial charge in [-0.2, -0.15) is 0 Å². The van der Waals surface area contributed by atoms with Gasteiger partial charge in [-0.1, -0.05) is 45.0 Å². The largest absolute Gasteiger partial charge is 0.506 e. The van der Waals surface area contributed by atoms with Gasteiger partial charge in [0.2, 0.25) is 5.56 Å². The minimum Gasteiger partial charge on any atom is -0.506 e. The Hall–Kier alpha value is -3.43. The first-order valence-electron chi connectivity index (χ1n) is 14.0. The first-order valence-corrected chi connectivity index (χ1v) is 16.9. The minimum absolute atomic E-state index is 0.0417. The molecule has 2 aromatic carbocycles. The maximum atomic E-state index is 13.7. The number of nitrogens with zero attached hydrogens (tertiary/aromatic N) is 1. The molecule has 1 aromatic heterocycles. The molecule has 0 radical (unpaired) electrons. The van der Waals surface area contributed by atoms with E-state index in [-0.39, 0.29) is 28.9 Å². The minimum atomic E-state index is -2.38. The van der Waals surface area contributed by atoms with Crippen molar-refractivity contribution < 1.29 is 23.9 Å². The second kappa shape index (κ2) is 12.2. The molecule has 0 aliphatic heterocycles. The smallest absolute Gasteiger partial charge is 0.410 e. The van der Waals surface area contributed by atoms with Gasteiger partial charge in [-0.25, -0.2) is 4.79 Å². The van der Waals surface area contributed by atoms with Crippen molar-refractivity contribution >= 4 is 31.6 Å². The fraction of sp³-hybridized carbons (Fsp3) is 0.469. The van der Waals surface area contributed by atoms with Crippen LogP contribution in [0, 0.1) is 0 Å². The molecule has 1 amide bonds. The van der Waals surface area contributed by atoms with E-state index in [1.165, 1.54) is 6.07 Å². The van der Waals surface area contributed by atoms with Crippen LogP contribution >= 0.6 is 0 Å². The molecule has 3 aromatic rings. The van der Waals surface area contributed by atoms with Crippen molar-refractivity contribution in [2.45, 2.75) is 90.8 Å². The number of hydrogen-bond donors (Lipinski definition) is 2. The van der Waals surface area contributed by atoms with Crippen LogP contribution in [-0.4, -0.2) is 53.9 Å². The number of carbonyl (C=O) groups is 2. The maximum absolute atomic E-state index is 13.7. The van der Waals surface area contributed by atoms with Gasteiger partial charge < -0.3 is 24.2 Å². The number of aromatic hydroxyl groups is 1. The highest BCUT2D eigenvalue weighted by Gasteiger charge is 2.41. The number of nitrogens with one attached hydrogen (secondary N) is 1. The number of aromatic amines is 1. The highest BCUT2D eigenvalue weighted by atomic mass is 28.4. The van der Waals surface area contributed by atoms with Gasteiger partial charge in [0.1, 0.15) is 17.6 Å². The van der Waals surface area contributed by atoms with Gasteiger partial charge in [0.05, 0.1) is 18.2 Å². The molecule has 0 aliphatic rings. The quantitative estimate of drug-likeness (QED) is 0.209. The number of aldehydes is 1. The Morgan fingerprint density at radius 1 is 1.07 bits per heavy atom. The summed E-state index contributed by atoms with van der Waals surface area (Å²) >= 11 is 0. The molecule has 0 fully saturated rings. The third kappa shape index (κ3) is 8.07. The first kappa shape index (κ1) is 32.1. The molecule has 0 bridgehead atoms. The lowest BCUT2D eigenvalue weighted by Gasteiger charge is -2.42. The van der Waals surface area contributed by atoms with E-state index in [2.05, 4.69) is 38.8 Å². The summed E-state index contributed by atoms with van der Waals surface area (Å²) in [7, 11) is -2.38. The third-order valence-corrected chi connectivity index (χ3v) is 12.1. The normalized spacial score (nSPS) is 14.0.